The number of carboxylic acids is 1. The monoisotopic (exact) mass is 482 g/mol. The Balaban J connectivity index is 1.55. The van der Waals surface area contributed by atoms with Gasteiger partial charge in [-0.15, -0.1) is 0 Å². The average Bonchev–Trinajstić information content (AvgIpc) is 3.10. The fraction of sp³-hybridized carbons (Fsp3) is 0.500. The van der Waals surface area contributed by atoms with Gasteiger partial charge < -0.3 is 14.7 Å². The Kier molecular flexibility index (Phi) is 8.92. The highest BCUT2D eigenvalue weighted by atomic mass is 16.6. The summed E-state index contributed by atoms with van der Waals surface area (Å²) in [5.74, 6) is -0.748. The lowest BCUT2D eigenvalue weighted by Gasteiger charge is -2.32. The summed E-state index contributed by atoms with van der Waals surface area (Å²) in [5, 5.41) is 9.77. The Morgan fingerprint density at radius 2 is 1.60 bits per heavy atom. The maximum absolute atomic E-state index is 12.8. The van der Waals surface area contributed by atoms with Crippen LogP contribution >= 0.6 is 0 Å². The minimum Gasteiger partial charge on any atom is -0.480 e. The minimum atomic E-state index is -1.02. The van der Waals surface area contributed by atoms with Crippen LogP contribution in [0.3, 0.4) is 0 Å². The molecule has 0 saturated carbocycles. The number of ether oxygens (including phenoxy) is 1. The van der Waals surface area contributed by atoms with Crippen LogP contribution in [0.15, 0.2) is 48.5 Å². The highest BCUT2D eigenvalue weighted by Gasteiger charge is 2.33. The highest BCUT2D eigenvalue weighted by Crippen LogP contribution is 2.44. The van der Waals surface area contributed by atoms with Crippen LogP contribution in [0, 0.1) is 5.92 Å². The van der Waals surface area contributed by atoms with Crippen molar-refractivity contribution in [3.05, 3.63) is 59.7 Å². The van der Waals surface area contributed by atoms with E-state index in [1.807, 2.05) is 26.0 Å². The molecule has 3 rings (SSSR count). The van der Waals surface area contributed by atoms with Crippen molar-refractivity contribution in [1.29, 1.82) is 0 Å². The molecule has 0 bridgehead atoms. The standard InChI is InChI=1S/C28H38N2O5/c1-19(2)17-25(26(31)32)30(27(33)35-28(3,4)5)16-10-15-29-34-18-24-22-13-8-6-11-20(22)21-12-7-9-14-23(21)24/h6-9,11-14,19,24-25,29H,10,15-18H2,1-5H3,(H,31,32). The van der Waals surface area contributed by atoms with Crippen LogP contribution in [0.2, 0.25) is 0 Å². The number of hydrogen-bond acceptors (Lipinski definition) is 5. The van der Waals surface area contributed by atoms with Crippen LogP contribution in [0.5, 0.6) is 0 Å². The number of carboxylic acid groups (broad SMARTS) is 1. The third-order valence-electron chi connectivity index (χ3n) is 5.98. The molecule has 0 fully saturated rings. The van der Waals surface area contributed by atoms with Gasteiger partial charge in [0.05, 0.1) is 6.61 Å². The zero-order chi connectivity index (χ0) is 25.6. The summed E-state index contributed by atoms with van der Waals surface area (Å²) in [7, 11) is 0. The number of fused-ring (bicyclic) bond motifs is 3. The molecule has 7 nitrogen and oxygen atoms in total. The molecule has 0 radical (unpaired) electrons. The topological polar surface area (TPSA) is 88.1 Å². The summed E-state index contributed by atoms with van der Waals surface area (Å²) in [6.45, 7) is 10.4. The highest BCUT2D eigenvalue weighted by molar-refractivity contribution is 5.80. The normalized spacial score (nSPS) is 13.9. The van der Waals surface area contributed by atoms with E-state index in [4.69, 9.17) is 9.57 Å². The molecule has 0 saturated heterocycles. The number of nitrogens with zero attached hydrogens (tertiary/aromatic N) is 1. The molecule has 2 aromatic rings. The van der Waals surface area contributed by atoms with Gasteiger partial charge in [0, 0.05) is 19.0 Å². The van der Waals surface area contributed by atoms with Crippen LogP contribution in [0.25, 0.3) is 11.1 Å². The van der Waals surface area contributed by atoms with Crippen LogP contribution in [0.4, 0.5) is 4.79 Å². The first kappa shape index (κ1) is 26.7. The smallest absolute Gasteiger partial charge is 0.411 e. The van der Waals surface area contributed by atoms with Crippen LogP contribution in [-0.4, -0.2) is 53.4 Å². The van der Waals surface area contributed by atoms with E-state index in [9.17, 15) is 14.7 Å². The van der Waals surface area contributed by atoms with Gasteiger partial charge in [-0.05, 0) is 61.8 Å². The number of aliphatic carboxylic acids is 1. The summed E-state index contributed by atoms with van der Waals surface area (Å²) >= 11 is 0. The van der Waals surface area contributed by atoms with Crippen molar-refractivity contribution in [2.45, 2.75) is 65.0 Å². The van der Waals surface area contributed by atoms with E-state index in [-0.39, 0.29) is 18.4 Å². The predicted molar refractivity (Wildman–Crippen MR) is 136 cm³/mol. The van der Waals surface area contributed by atoms with E-state index in [1.54, 1.807) is 20.8 Å². The Labute approximate surface area is 208 Å². The molecule has 1 aliphatic rings. The third-order valence-corrected chi connectivity index (χ3v) is 5.98. The number of nitrogens with one attached hydrogen (secondary N) is 1. The van der Waals surface area contributed by atoms with Gasteiger partial charge in [0.2, 0.25) is 0 Å². The van der Waals surface area contributed by atoms with Crippen molar-refractivity contribution >= 4 is 12.1 Å². The second kappa shape index (κ2) is 11.7. The predicted octanol–water partition coefficient (Wildman–Crippen LogP) is 5.45. The first-order chi connectivity index (χ1) is 16.6. The van der Waals surface area contributed by atoms with Gasteiger partial charge in [0.1, 0.15) is 11.6 Å². The Morgan fingerprint density at radius 1 is 1.03 bits per heavy atom. The van der Waals surface area contributed by atoms with Crippen LogP contribution in [-0.2, 0) is 14.4 Å². The lowest BCUT2D eigenvalue weighted by atomic mass is 9.98. The van der Waals surface area contributed by atoms with Crippen molar-refractivity contribution in [2.75, 3.05) is 19.7 Å². The molecular formula is C28H38N2O5. The van der Waals surface area contributed by atoms with Gasteiger partial charge in [-0.3, -0.25) is 4.90 Å². The van der Waals surface area contributed by atoms with Gasteiger partial charge in [-0.1, -0.05) is 62.4 Å². The van der Waals surface area contributed by atoms with E-state index >= 15 is 0 Å². The van der Waals surface area contributed by atoms with Crippen molar-refractivity contribution in [3.63, 3.8) is 0 Å². The quantitative estimate of drug-likeness (QED) is 0.327. The van der Waals surface area contributed by atoms with E-state index < -0.39 is 23.7 Å². The number of hydrogen-bond donors (Lipinski definition) is 2. The summed E-state index contributed by atoms with van der Waals surface area (Å²) in [5.41, 5.74) is 7.29. The summed E-state index contributed by atoms with van der Waals surface area (Å²) < 4.78 is 5.50. The zero-order valence-corrected chi connectivity index (χ0v) is 21.4. The molecule has 190 valence electrons. The van der Waals surface area contributed by atoms with Crippen molar-refractivity contribution in [3.8, 4) is 11.1 Å². The average molecular weight is 483 g/mol. The molecule has 0 aromatic heterocycles. The molecule has 1 aliphatic carbocycles. The van der Waals surface area contributed by atoms with Gasteiger partial charge in [-0.25, -0.2) is 15.1 Å². The summed E-state index contributed by atoms with van der Waals surface area (Å²) in [6, 6.07) is 15.8. The zero-order valence-electron chi connectivity index (χ0n) is 21.4. The molecule has 1 amide bonds. The van der Waals surface area contributed by atoms with Gasteiger partial charge >= 0.3 is 12.1 Å². The third kappa shape index (κ3) is 7.05. The summed E-state index contributed by atoms with van der Waals surface area (Å²) in [6.07, 6.45) is 0.281. The molecule has 2 N–H and O–H groups in total. The number of hydroxylamine groups is 1. The maximum atomic E-state index is 12.8. The van der Waals surface area contributed by atoms with Crippen molar-refractivity contribution < 1.29 is 24.3 Å². The second-order valence-electron chi connectivity index (χ2n) is 10.4. The van der Waals surface area contributed by atoms with Crippen LogP contribution < -0.4 is 5.48 Å². The lowest BCUT2D eigenvalue weighted by Crippen LogP contribution is -2.48. The molecule has 1 atom stereocenters. The summed E-state index contributed by atoms with van der Waals surface area (Å²) in [4.78, 5) is 31.9. The molecule has 0 heterocycles. The maximum Gasteiger partial charge on any atom is 0.411 e. The number of carbonyl (C=O) groups is 2. The molecule has 0 spiro atoms. The molecule has 35 heavy (non-hydrogen) atoms. The number of carbonyl (C=O) groups excluding carboxylic acids is 1. The Bertz CT molecular complexity index is 969. The van der Waals surface area contributed by atoms with Crippen molar-refractivity contribution in [2.24, 2.45) is 5.92 Å². The Morgan fingerprint density at radius 3 is 2.11 bits per heavy atom. The fourth-order valence-corrected chi connectivity index (χ4v) is 4.48. The Hall–Kier alpha value is -2.90. The lowest BCUT2D eigenvalue weighted by molar-refractivity contribution is -0.143. The second-order valence-corrected chi connectivity index (χ2v) is 10.4. The van der Waals surface area contributed by atoms with Crippen LogP contribution in [0.1, 0.15) is 64.5 Å². The fourth-order valence-electron chi connectivity index (χ4n) is 4.48. The van der Waals surface area contributed by atoms with E-state index in [0.717, 1.165) is 0 Å². The van der Waals surface area contributed by atoms with Gasteiger partial charge in [-0.2, -0.15) is 0 Å². The van der Waals surface area contributed by atoms with E-state index in [2.05, 4.69) is 41.9 Å². The SMILES string of the molecule is CC(C)CC(C(=O)O)N(CCCNOCC1c2ccccc2-c2ccccc21)C(=O)OC(C)(C)C. The molecular weight excluding hydrogens is 444 g/mol. The molecule has 0 aliphatic heterocycles. The molecule has 1 unspecified atom stereocenters. The number of amides is 1. The minimum absolute atomic E-state index is 0.125. The van der Waals surface area contributed by atoms with E-state index in [1.165, 1.54) is 27.2 Å². The molecule has 7 heteroatoms. The largest absolute Gasteiger partial charge is 0.480 e. The van der Waals surface area contributed by atoms with Gasteiger partial charge in [0.15, 0.2) is 0 Å². The van der Waals surface area contributed by atoms with Crippen molar-refractivity contribution in [1.82, 2.24) is 10.4 Å². The van der Waals surface area contributed by atoms with Gasteiger partial charge in [0.25, 0.3) is 0 Å². The number of benzene rings is 2. The first-order valence-corrected chi connectivity index (χ1v) is 12.3. The van der Waals surface area contributed by atoms with E-state index in [0.29, 0.717) is 26.0 Å². The number of rotatable bonds is 11. The first-order valence-electron chi connectivity index (χ1n) is 12.3. The molecule has 2 aromatic carbocycles.